The third-order valence-electron chi connectivity index (χ3n) is 3.29. The van der Waals surface area contributed by atoms with Crippen LogP contribution >= 0.6 is 12.4 Å². The van der Waals surface area contributed by atoms with Crippen LogP contribution in [0.15, 0.2) is 36.9 Å². The van der Waals surface area contributed by atoms with Gasteiger partial charge in [0.1, 0.15) is 12.7 Å². The highest BCUT2D eigenvalue weighted by molar-refractivity contribution is 5.88. The first-order valence-electron chi connectivity index (χ1n) is 6.18. The first-order chi connectivity index (χ1) is 9.17. The molecule has 106 valence electrons. The Morgan fingerprint density at radius 3 is 2.90 bits per heavy atom. The number of rotatable bonds is 4. The molecule has 3 rings (SSSR count). The summed E-state index contributed by atoms with van der Waals surface area (Å²) in [6.45, 7) is 0.473. The molecule has 1 heterocycles. The number of halogens is 1. The zero-order valence-corrected chi connectivity index (χ0v) is 11.6. The molecule has 0 unspecified atom stereocenters. The Balaban J connectivity index is 0.00000147. The normalized spacial score (nSPS) is 15.2. The summed E-state index contributed by atoms with van der Waals surface area (Å²) in [6, 6.07) is 7.78. The van der Waals surface area contributed by atoms with Crippen molar-refractivity contribution in [3.63, 3.8) is 0 Å². The third kappa shape index (κ3) is 2.97. The van der Waals surface area contributed by atoms with Crippen LogP contribution in [0, 0.1) is 0 Å². The second kappa shape index (κ2) is 5.60. The van der Waals surface area contributed by atoms with Gasteiger partial charge in [0.2, 0.25) is 5.91 Å². The molecule has 0 spiro atoms. The predicted octanol–water partition coefficient (Wildman–Crippen LogP) is 0.797. The van der Waals surface area contributed by atoms with Gasteiger partial charge < -0.3 is 11.1 Å². The summed E-state index contributed by atoms with van der Waals surface area (Å²) in [6.07, 6.45) is 4.67. The monoisotopic (exact) mass is 293 g/mol. The van der Waals surface area contributed by atoms with Gasteiger partial charge in [-0.15, -0.1) is 12.4 Å². The Kier molecular flexibility index (Phi) is 4.06. The Bertz CT molecular complexity index is 595. The molecule has 0 aliphatic heterocycles. The first kappa shape index (κ1) is 14.5. The molecular formula is C13H16ClN5O. The molecule has 6 nitrogen and oxygen atoms in total. The lowest BCUT2D eigenvalue weighted by atomic mass is 10.2. The minimum absolute atomic E-state index is 0. The fourth-order valence-corrected chi connectivity index (χ4v) is 1.87. The molecule has 1 saturated carbocycles. The second-order valence-corrected chi connectivity index (χ2v) is 4.85. The van der Waals surface area contributed by atoms with Crippen LogP contribution in [0.5, 0.6) is 0 Å². The Morgan fingerprint density at radius 2 is 2.25 bits per heavy atom. The second-order valence-electron chi connectivity index (χ2n) is 4.85. The van der Waals surface area contributed by atoms with Crippen molar-refractivity contribution in [2.75, 3.05) is 0 Å². The highest BCUT2D eigenvalue weighted by Crippen LogP contribution is 2.32. The number of hydrogen-bond acceptors (Lipinski definition) is 4. The van der Waals surface area contributed by atoms with Gasteiger partial charge in [-0.05, 0) is 30.5 Å². The van der Waals surface area contributed by atoms with Gasteiger partial charge in [-0.1, -0.05) is 12.1 Å². The zero-order chi connectivity index (χ0) is 13.3. The fourth-order valence-electron chi connectivity index (χ4n) is 1.87. The molecule has 1 aromatic heterocycles. The van der Waals surface area contributed by atoms with Gasteiger partial charge >= 0.3 is 0 Å². The Labute approximate surface area is 122 Å². The molecule has 20 heavy (non-hydrogen) atoms. The van der Waals surface area contributed by atoms with Gasteiger partial charge in [0.25, 0.3) is 0 Å². The molecule has 0 radical (unpaired) electrons. The predicted molar refractivity (Wildman–Crippen MR) is 76.6 cm³/mol. The number of nitrogens with two attached hydrogens (primary N) is 1. The van der Waals surface area contributed by atoms with Crippen molar-refractivity contribution < 1.29 is 4.79 Å². The standard InChI is InChI=1S/C13H15N5O.ClH/c14-13(4-5-13)12(19)16-7-10-2-1-3-11(6-10)18-9-15-8-17-18;/h1-3,6,8-9H,4-5,7,14H2,(H,16,19);1H. The van der Waals surface area contributed by atoms with E-state index in [4.69, 9.17) is 5.73 Å². The van der Waals surface area contributed by atoms with Crippen LogP contribution in [0.25, 0.3) is 5.69 Å². The number of aromatic nitrogens is 3. The van der Waals surface area contributed by atoms with E-state index >= 15 is 0 Å². The molecule has 1 amide bonds. The van der Waals surface area contributed by atoms with E-state index in [9.17, 15) is 4.79 Å². The molecule has 1 aliphatic rings. The number of amides is 1. The van der Waals surface area contributed by atoms with Crippen LogP contribution in [0.1, 0.15) is 18.4 Å². The van der Waals surface area contributed by atoms with Crippen molar-refractivity contribution in [1.82, 2.24) is 20.1 Å². The average molecular weight is 294 g/mol. The van der Waals surface area contributed by atoms with Crippen LogP contribution in [-0.2, 0) is 11.3 Å². The van der Waals surface area contributed by atoms with Crippen LogP contribution in [-0.4, -0.2) is 26.2 Å². The topological polar surface area (TPSA) is 85.8 Å². The van der Waals surface area contributed by atoms with E-state index in [1.54, 1.807) is 11.0 Å². The summed E-state index contributed by atoms with van der Waals surface area (Å²) >= 11 is 0. The first-order valence-corrected chi connectivity index (χ1v) is 6.18. The number of benzene rings is 1. The van der Waals surface area contributed by atoms with Gasteiger partial charge in [0.05, 0.1) is 11.2 Å². The molecule has 1 aromatic carbocycles. The van der Waals surface area contributed by atoms with Gasteiger partial charge in [-0.2, -0.15) is 5.10 Å². The number of nitrogens with one attached hydrogen (secondary N) is 1. The number of carbonyl (C=O) groups is 1. The SMILES string of the molecule is Cl.NC1(C(=O)NCc2cccc(-n3cncn3)c2)CC1. The molecule has 1 fully saturated rings. The smallest absolute Gasteiger partial charge is 0.240 e. The lowest BCUT2D eigenvalue weighted by molar-refractivity contribution is -0.123. The maximum atomic E-state index is 11.8. The van der Waals surface area contributed by atoms with Crippen LogP contribution in [0.2, 0.25) is 0 Å². The largest absolute Gasteiger partial charge is 0.350 e. The van der Waals surface area contributed by atoms with Crippen molar-refractivity contribution in [3.8, 4) is 5.69 Å². The Morgan fingerprint density at radius 1 is 1.45 bits per heavy atom. The zero-order valence-electron chi connectivity index (χ0n) is 10.8. The Hall–Kier alpha value is -1.92. The number of hydrogen-bond donors (Lipinski definition) is 2. The molecule has 7 heteroatoms. The lowest BCUT2D eigenvalue weighted by Crippen LogP contribution is -2.42. The average Bonchev–Trinajstić information content (AvgIpc) is 2.96. The summed E-state index contributed by atoms with van der Waals surface area (Å²) in [7, 11) is 0. The van der Waals surface area contributed by atoms with E-state index in [0.29, 0.717) is 6.54 Å². The highest BCUT2D eigenvalue weighted by Gasteiger charge is 2.45. The molecule has 1 aliphatic carbocycles. The van der Waals surface area contributed by atoms with Crippen LogP contribution < -0.4 is 11.1 Å². The maximum absolute atomic E-state index is 11.8. The van der Waals surface area contributed by atoms with Crippen molar-refractivity contribution in [2.45, 2.75) is 24.9 Å². The van der Waals surface area contributed by atoms with E-state index in [1.165, 1.54) is 6.33 Å². The molecule has 3 N–H and O–H groups in total. The van der Waals surface area contributed by atoms with Gasteiger partial charge in [-0.25, -0.2) is 9.67 Å². The van der Waals surface area contributed by atoms with Gasteiger partial charge in [0.15, 0.2) is 0 Å². The molecule has 0 atom stereocenters. The molecule has 0 bridgehead atoms. The van der Waals surface area contributed by atoms with Crippen molar-refractivity contribution in [1.29, 1.82) is 0 Å². The molecule has 2 aromatic rings. The van der Waals surface area contributed by atoms with E-state index in [2.05, 4.69) is 15.4 Å². The summed E-state index contributed by atoms with van der Waals surface area (Å²) in [4.78, 5) is 15.7. The van der Waals surface area contributed by atoms with Crippen molar-refractivity contribution in [2.24, 2.45) is 5.73 Å². The summed E-state index contributed by atoms with van der Waals surface area (Å²) in [5, 5.41) is 6.93. The minimum Gasteiger partial charge on any atom is -0.350 e. The fraction of sp³-hybridized carbons (Fsp3) is 0.308. The van der Waals surface area contributed by atoms with Crippen molar-refractivity contribution >= 4 is 18.3 Å². The van der Waals surface area contributed by atoms with E-state index < -0.39 is 5.54 Å². The van der Waals surface area contributed by atoms with Gasteiger partial charge in [0, 0.05) is 6.54 Å². The summed E-state index contributed by atoms with van der Waals surface area (Å²) in [5.41, 5.74) is 7.13. The number of nitrogens with zero attached hydrogens (tertiary/aromatic N) is 3. The summed E-state index contributed by atoms with van der Waals surface area (Å²) < 4.78 is 1.68. The maximum Gasteiger partial charge on any atom is 0.240 e. The molecule has 0 saturated heterocycles. The quantitative estimate of drug-likeness (QED) is 0.873. The van der Waals surface area contributed by atoms with E-state index in [-0.39, 0.29) is 18.3 Å². The van der Waals surface area contributed by atoms with Crippen LogP contribution in [0.3, 0.4) is 0 Å². The highest BCUT2D eigenvalue weighted by atomic mass is 35.5. The minimum atomic E-state index is -0.622. The summed E-state index contributed by atoms with van der Waals surface area (Å²) in [5.74, 6) is -0.0707. The molecular weight excluding hydrogens is 278 g/mol. The van der Waals surface area contributed by atoms with Gasteiger partial charge in [-0.3, -0.25) is 4.79 Å². The lowest BCUT2D eigenvalue weighted by Gasteiger charge is -2.10. The van der Waals surface area contributed by atoms with Crippen molar-refractivity contribution in [3.05, 3.63) is 42.5 Å². The number of carbonyl (C=O) groups excluding carboxylic acids is 1. The van der Waals surface area contributed by atoms with E-state index in [1.807, 2.05) is 24.3 Å². The third-order valence-corrected chi connectivity index (χ3v) is 3.29. The van der Waals surface area contributed by atoms with E-state index in [0.717, 1.165) is 24.1 Å². The van der Waals surface area contributed by atoms with Crippen LogP contribution in [0.4, 0.5) is 0 Å².